The van der Waals surface area contributed by atoms with Crippen molar-refractivity contribution in [3.05, 3.63) is 33.1 Å². The maximum Gasteiger partial charge on any atom is 0.250 e. The molecule has 0 bridgehead atoms. The summed E-state index contributed by atoms with van der Waals surface area (Å²) in [4.78, 5) is 4.92. The Balaban J connectivity index is 2.14. The third kappa shape index (κ3) is 2.96. The first-order valence-corrected chi connectivity index (χ1v) is 8.38. The third-order valence-corrected chi connectivity index (χ3v) is 6.26. The highest BCUT2D eigenvalue weighted by Crippen LogP contribution is 2.25. The van der Waals surface area contributed by atoms with Gasteiger partial charge in [-0.15, -0.1) is 22.7 Å². The Morgan fingerprint density at radius 2 is 2.28 bits per heavy atom. The molecule has 0 spiro atoms. The molecule has 2 aromatic heterocycles. The Morgan fingerprint density at radius 3 is 2.83 bits per heavy atom. The number of aryl methyl sites for hydroxylation is 1. The van der Waals surface area contributed by atoms with Gasteiger partial charge in [-0.05, 0) is 18.6 Å². The van der Waals surface area contributed by atoms with Gasteiger partial charge < -0.3 is 5.73 Å². The second-order valence-electron chi connectivity index (χ2n) is 3.63. The highest BCUT2D eigenvalue weighted by atomic mass is 32.2. The average Bonchev–Trinajstić information content (AvgIpc) is 2.95. The SMILES string of the molecule is Cc1cc(S(=O)(=O)NCc2nccs2)sc1CN. The zero-order valence-electron chi connectivity index (χ0n) is 9.71. The zero-order chi connectivity index (χ0) is 13.2. The Kier molecular flexibility index (Phi) is 4.13. The van der Waals surface area contributed by atoms with Crippen LogP contribution in [0.1, 0.15) is 15.4 Å². The number of hydrogen-bond donors (Lipinski definition) is 2. The molecular weight excluding hydrogens is 290 g/mol. The fraction of sp³-hybridized carbons (Fsp3) is 0.300. The van der Waals surface area contributed by atoms with Crippen molar-refractivity contribution < 1.29 is 8.42 Å². The molecule has 0 fully saturated rings. The smallest absolute Gasteiger partial charge is 0.250 e. The second-order valence-corrected chi connectivity index (χ2v) is 7.74. The molecule has 0 amide bonds. The Bertz CT molecular complexity index is 617. The van der Waals surface area contributed by atoms with Crippen LogP contribution in [0.25, 0.3) is 0 Å². The van der Waals surface area contributed by atoms with Crippen LogP contribution in [0.3, 0.4) is 0 Å². The molecule has 0 saturated heterocycles. The van der Waals surface area contributed by atoms with E-state index in [4.69, 9.17) is 5.73 Å². The van der Waals surface area contributed by atoms with E-state index in [-0.39, 0.29) is 6.54 Å². The maximum atomic E-state index is 12.0. The second kappa shape index (κ2) is 5.45. The summed E-state index contributed by atoms with van der Waals surface area (Å²) in [6, 6.07) is 1.65. The molecule has 0 aliphatic rings. The quantitative estimate of drug-likeness (QED) is 0.875. The van der Waals surface area contributed by atoms with Crippen LogP contribution in [0.2, 0.25) is 0 Å². The van der Waals surface area contributed by atoms with Gasteiger partial charge in [0, 0.05) is 23.0 Å². The van der Waals surface area contributed by atoms with Gasteiger partial charge in [0.15, 0.2) is 0 Å². The van der Waals surface area contributed by atoms with Crippen molar-refractivity contribution in [3.8, 4) is 0 Å². The van der Waals surface area contributed by atoms with Gasteiger partial charge in [-0.3, -0.25) is 0 Å². The number of nitrogens with one attached hydrogen (secondary N) is 1. The molecule has 0 aromatic carbocycles. The molecule has 2 rings (SSSR count). The van der Waals surface area contributed by atoms with Gasteiger partial charge in [0.05, 0.1) is 6.54 Å². The van der Waals surface area contributed by atoms with Crippen LogP contribution in [0.15, 0.2) is 21.9 Å². The molecule has 98 valence electrons. The molecule has 2 heterocycles. The lowest BCUT2D eigenvalue weighted by Crippen LogP contribution is -2.22. The van der Waals surface area contributed by atoms with E-state index in [1.54, 1.807) is 12.3 Å². The molecule has 8 heteroatoms. The molecule has 2 aromatic rings. The predicted octanol–water partition coefficient (Wildman–Crippen LogP) is 1.45. The van der Waals surface area contributed by atoms with Crippen LogP contribution >= 0.6 is 22.7 Å². The number of thiazole rings is 1. The Morgan fingerprint density at radius 1 is 1.50 bits per heavy atom. The standard InChI is InChI=1S/C10H13N3O2S3/c1-7-4-10(17-8(7)5-11)18(14,15)13-6-9-12-2-3-16-9/h2-4,13H,5-6,11H2,1H3. The van der Waals surface area contributed by atoms with Gasteiger partial charge in [-0.1, -0.05) is 0 Å². The molecule has 0 aliphatic heterocycles. The molecule has 0 saturated carbocycles. The van der Waals surface area contributed by atoms with E-state index in [9.17, 15) is 8.42 Å². The van der Waals surface area contributed by atoms with E-state index in [1.807, 2.05) is 12.3 Å². The van der Waals surface area contributed by atoms with Gasteiger partial charge in [0.1, 0.15) is 9.22 Å². The van der Waals surface area contributed by atoms with E-state index in [0.717, 1.165) is 15.4 Å². The number of nitrogens with two attached hydrogens (primary N) is 1. The first kappa shape index (κ1) is 13.6. The van der Waals surface area contributed by atoms with Crippen molar-refractivity contribution in [3.63, 3.8) is 0 Å². The average molecular weight is 303 g/mol. The Labute approximate surface area is 114 Å². The van der Waals surface area contributed by atoms with Crippen LogP contribution < -0.4 is 10.5 Å². The van der Waals surface area contributed by atoms with Crippen molar-refractivity contribution in [2.45, 2.75) is 24.2 Å². The van der Waals surface area contributed by atoms with Crippen molar-refractivity contribution >= 4 is 32.7 Å². The topological polar surface area (TPSA) is 85.1 Å². The fourth-order valence-electron chi connectivity index (χ4n) is 1.39. The van der Waals surface area contributed by atoms with Crippen LogP contribution in [0, 0.1) is 6.92 Å². The predicted molar refractivity (Wildman–Crippen MR) is 73.1 cm³/mol. The number of rotatable bonds is 5. The van der Waals surface area contributed by atoms with Crippen LogP contribution in [-0.2, 0) is 23.1 Å². The van der Waals surface area contributed by atoms with Crippen molar-refractivity contribution in [1.29, 1.82) is 0 Å². The first-order valence-electron chi connectivity index (χ1n) is 5.20. The van der Waals surface area contributed by atoms with E-state index in [2.05, 4.69) is 9.71 Å². The highest BCUT2D eigenvalue weighted by Gasteiger charge is 2.18. The van der Waals surface area contributed by atoms with Gasteiger partial charge in [0.25, 0.3) is 0 Å². The number of thiophene rings is 1. The normalized spacial score (nSPS) is 11.9. The van der Waals surface area contributed by atoms with Gasteiger partial charge in [-0.25, -0.2) is 18.1 Å². The van der Waals surface area contributed by atoms with E-state index < -0.39 is 10.0 Å². The summed E-state index contributed by atoms with van der Waals surface area (Å²) in [6.07, 6.45) is 1.65. The number of aromatic nitrogens is 1. The minimum atomic E-state index is -3.47. The van der Waals surface area contributed by atoms with Gasteiger partial charge in [-0.2, -0.15) is 0 Å². The molecule has 5 nitrogen and oxygen atoms in total. The van der Waals surface area contributed by atoms with Crippen molar-refractivity contribution in [2.24, 2.45) is 5.73 Å². The largest absolute Gasteiger partial charge is 0.326 e. The minimum absolute atomic E-state index is 0.217. The summed E-state index contributed by atoms with van der Waals surface area (Å²) in [7, 11) is -3.47. The monoisotopic (exact) mass is 303 g/mol. The summed E-state index contributed by atoms with van der Waals surface area (Å²) < 4.78 is 26.9. The van der Waals surface area contributed by atoms with Gasteiger partial charge in [0.2, 0.25) is 10.0 Å². The molecule has 0 aliphatic carbocycles. The highest BCUT2D eigenvalue weighted by molar-refractivity contribution is 7.91. The third-order valence-electron chi connectivity index (χ3n) is 2.35. The molecule has 0 radical (unpaired) electrons. The van der Waals surface area contributed by atoms with E-state index in [0.29, 0.717) is 10.8 Å². The van der Waals surface area contributed by atoms with E-state index >= 15 is 0 Å². The first-order chi connectivity index (χ1) is 8.53. The zero-order valence-corrected chi connectivity index (χ0v) is 12.2. The van der Waals surface area contributed by atoms with Gasteiger partial charge >= 0.3 is 0 Å². The molecule has 0 unspecified atom stereocenters. The Hall–Kier alpha value is -0.800. The van der Waals surface area contributed by atoms with Crippen LogP contribution in [-0.4, -0.2) is 13.4 Å². The maximum absolute atomic E-state index is 12.0. The number of hydrogen-bond acceptors (Lipinski definition) is 6. The molecule has 0 atom stereocenters. The summed E-state index contributed by atoms with van der Waals surface area (Å²) in [6.45, 7) is 2.44. The summed E-state index contributed by atoms with van der Waals surface area (Å²) in [5.74, 6) is 0. The molecule has 3 N–H and O–H groups in total. The molecular formula is C10H13N3O2S3. The number of sulfonamides is 1. The summed E-state index contributed by atoms with van der Waals surface area (Å²) in [5, 5.41) is 2.55. The lowest BCUT2D eigenvalue weighted by molar-refractivity contribution is 0.583. The molecule has 18 heavy (non-hydrogen) atoms. The lowest BCUT2D eigenvalue weighted by Gasteiger charge is -2.01. The summed E-state index contributed by atoms with van der Waals surface area (Å²) in [5.41, 5.74) is 6.46. The van der Waals surface area contributed by atoms with Crippen LogP contribution in [0.4, 0.5) is 0 Å². The van der Waals surface area contributed by atoms with Crippen molar-refractivity contribution in [2.75, 3.05) is 0 Å². The number of nitrogens with zero attached hydrogens (tertiary/aromatic N) is 1. The minimum Gasteiger partial charge on any atom is -0.326 e. The fourth-order valence-corrected chi connectivity index (χ4v) is 4.54. The van der Waals surface area contributed by atoms with Crippen LogP contribution in [0.5, 0.6) is 0 Å². The van der Waals surface area contributed by atoms with Crippen molar-refractivity contribution in [1.82, 2.24) is 9.71 Å². The lowest BCUT2D eigenvalue weighted by atomic mass is 10.3. The summed E-state index contributed by atoms with van der Waals surface area (Å²) >= 11 is 2.63. The van der Waals surface area contributed by atoms with E-state index in [1.165, 1.54) is 22.7 Å².